The van der Waals surface area contributed by atoms with E-state index in [1.807, 2.05) is 41.9 Å². The Kier molecular flexibility index (Phi) is 6.75. The zero-order valence-electron chi connectivity index (χ0n) is 16.1. The molecule has 1 amide bonds. The molecule has 1 N–H and O–H groups in total. The van der Waals surface area contributed by atoms with Crippen molar-refractivity contribution in [1.82, 2.24) is 14.8 Å². The highest BCUT2D eigenvalue weighted by molar-refractivity contribution is 6.04. The first kappa shape index (κ1) is 19.6. The van der Waals surface area contributed by atoms with Gasteiger partial charge in [-0.15, -0.1) is 0 Å². The molecule has 3 aromatic rings. The maximum Gasteiger partial charge on any atom is 0.259 e. The van der Waals surface area contributed by atoms with Crippen LogP contribution < -0.4 is 10.1 Å². The number of benzene rings is 1. The van der Waals surface area contributed by atoms with Crippen molar-refractivity contribution in [2.45, 2.75) is 19.9 Å². The average molecular weight is 380 g/mol. The van der Waals surface area contributed by atoms with Gasteiger partial charge >= 0.3 is 0 Å². The number of rotatable bonds is 9. The molecule has 28 heavy (non-hydrogen) atoms. The number of nitrogens with one attached hydrogen (secondary N) is 1. The lowest BCUT2D eigenvalue weighted by Gasteiger charge is -2.09. The highest BCUT2D eigenvalue weighted by Gasteiger charge is 2.16. The maximum atomic E-state index is 12.7. The molecule has 0 bridgehead atoms. The van der Waals surface area contributed by atoms with Crippen LogP contribution in [0.1, 0.15) is 28.5 Å². The summed E-state index contributed by atoms with van der Waals surface area (Å²) in [6.07, 6.45) is 3.90. The Morgan fingerprint density at radius 3 is 2.61 bits per heavy atom. The Labute approximate surface area is 164 Å². The monoisotopic (exact) mass is 380 g/mol. The summed E-state index contributed by atoms with van der Waals surface area (Å²) >= 11 is 0. The molecular formula is C21H24N4O3. The number of methoxy groups -OCH3 is 1. The quantitative estimate of drug-likeness (QED) is 0.577. The lowest BCUT2D eigenvalue weighted by molar-refractivity contribution is 0.102. The molecule has 0 saturated heterocycles. The molecule has 0 fully saturated rings. The van der Waals surface area contributed by atoms with E-state index >= 15 is 0 Å². The number of ether oxygens (including phenoxy) is 2. The smallest absolute Gasteiger partial charge is 0.259 e. The minimum absolute atomic E-state index is 0.203. The van der Waals surface area contributed by atoms with Crippen LogP contribution in [0.5, 0.6) is 5.88 Å². The van der Waals surface area contributed by atoms with Crippen LogP contribution in [0.4, 0.5) is 5.69 Å². The van der Waals surface area contributed by atoms with Gasteiger partial charge < -0.3 is 14.8 Å². The summed E-state index contributed by atoms with van der Waals surface area (Å²) < 4.78 is 12.2. The number of amides is 1. The van der Waals surface area contributed by atoms with Crippen LogP contribution in [-0.2, 0) is 17.7 Å². The predicted octanol–water partition coefficient (Wildman–Crippen LogP) is 3.17. The molecule has 0 aliphatic rings. The minimum Gasteiger partial charge on any atom is -0.475 e. The van der Waals surface area contributed by atoms with Crippen molar-refractivity contribution >= 4 is 11.6 Å². The van der Waals surface area contributed by atoms with E-state index in [0.717, 1.165) is 11.3 Å². The van der Waals surface area contributed by atoms with Crippen LogP contribution >= 0.6 is 0 Å². The Bertz CT molecular complexity index is 892. The number of hydrogen-bond acceptors (Lipinski definition) is 5. The fourth-order valence-electron chi connectivity index (χ4n) is 2.83. The summed E-state index contributed by atoms with van der Waals surface area (Å²) in [5, 5.41) is 7.28. The van der Waals surface area contributed by atoms with Gasteiger partial charge in [-0.1, -0.05) is 37.3 Å². The maximum absolute atomic E-state index is 12.7. The number of hydrogen-bond donors (Lipinski definition) is 1. The molecule has 2 aromatic heterocycles. The third kappa shape index (κ3) is 4.95. The number of carbonyl (C=O) groups excluding carboxylic acids is 1. The first-order valence-electron chi connectivity index (χ1n) is 9.19. The van der Waals surface area contributed by atoms with Crippen LogP contribution in [0.2, 0.25) is 0 Å². The van der Waals surface area contributed by atoms with Crippen molar-refractivity contribution in [2.75, 3.05) is 25.6 Å². The van der Waals surface area contributed by atoms with Gasteiger partial charge in [0, 0.05) is 13.2 Å². The Morgan fingerprint density at radius 2 is 1.93 bits per heavy atom. The topological polar surface area (TPSA) is 78.3 Å². The van der Waals surface area contributed by atoms with Crippen LogP contribution in [0.3, 0.4) is 0 Å². The molecule has 0 unspecified atom stereocenters. The van der Waals surface area contributed by atoms with Gasteiger partial charge in [-0.25, -0.2) is 4.98 Å². The van der Waals surface area contributed by atoms with Crippen molar-refractivity contribution in [3.63, 3.8) is 0 Å². The van der Waals surface area contributed by atoms with Crippen molar-refractivity contribution in [3.8, 4) is 5.88 Å². The zero-order valence-corrected chi connectivity index (χ0v) is 16.1. The molecule has 0 radical (unpaired) electrons. The third-order valence-corrected chi connectivity index (χ3v) is 4.23. The predicted molar refractivity (Wildman–Crippen MR) is 107 cm³/mol. The number of nitrogens with zero attached hydrogens (tertiary/aromatic N) is 3. The Morgan fingerprint density at radius 1 is 1.11 bits per heavy atom. The summed E-state index contributed by atoms with van der Waals surface area (Å²) in [5.41, 5.74) is 3.20. The fraction of sp³-hybridized carbons (Fsp3) is 0.286. The molecule has 7 nitrogen and oxygen atoms in total. The van der Waals surface area contributed by atoms with E-state index in [9.17, 15) is 4.79 Å². The molecule has 0 saturated carbocycles. The highest BCUT2D eigenvalue weighted by Crippen LogP contribution is 2.16. The molecule has 0 atom stereocenters. The third-order valence-electron chi connectivity index (χ3n) is 4.23. The average Bonchev–Trinajstić information content (AvgIpc) is 3.13. The summed E-state index contributed by atoms with van der Waals surface area (Å²) in [5.74, 6) is 0.283. The fourth-order valence-corrected chi connectivity index (χ4v) is 2.83. The summed E-state index contributed by atoms with van der Waals surface area (Å²) in [6, 6.07) is 13.5. The van der Waals surface area contributed by atoms with E-state index in [2.05, 4.69) is 15.4 Å². The molecule has 146 valence electrons. The van der Waals surface area contributed by atoms with Crippen molar-refractivity contribution in [1.29, 1.82) is 0 Å². The van der Waals surface area contributed by atoms with Crippen molar-refractivity contribution < 1.29 is 14.3 Å². The molecule has 2 heterocycles. The van der Waals surface area contributed by atoms with Gasteiger partial charge in [0.25, 0.3) is 5.91 Å². The van der Waals surface area contributed by atoms with Crippen LogP contribution in [0.15, 0.2) is 54.9 Å². The van der Waals surface area contributed by atoms with E-state index < -0.39 is 0 Å². The van der Waals surface area contributed by atoms with Gasteiger partial charge in [-0.2, -0.15) is 5.10 Å². The Hall–Kier alpha value is -3.19. The largest absolute Gasteiger partial charge is 0.475 e. The molecule has 7 heteroatoms. The zero-order chi connectivity index (χ0) is 19.8. The standard InChI is InChI=1S/C21H24N4O3/c1-3-19-18(14-23-25(19)15-16-7-5-4-6-8-16)21(26)24-17-9-10-20(22-13-17)28-12-11-27-2/h4-10,13-14H,3,11-12,15H2,1-2H3,(H,24,26). The Balaban J connectivity index is 1.67. The number of carbonyl (C=O) groups is 1. The van der Waals surface area contributed by atoms with E-state index in [1.165, 1.54) is 0 Å². The highest BCUT2D eigenvalue weighted by atomic mass is 16.5. The van der Waals surface area contributed by atoms with Gasteiger partial charge in [0.15, 0.2) is 0 Å². The second kappa shape index (κ2) is 9.66. The number of aromatic nitrogens is 3. The van der Waals surface area contributed by atoms with Crippen LogP contribution in [-0.4, -0.2) is 41.0 Å². The SMILES string of the molecule is CCc1c(C(=O)Nc2ccc(OCCOC)nc2)cnn1Cc1ccccc1. The molecule has 0 aliphatic carbocycles. The van der Waals surface area contributed by atoms with E-state index in [1.54, 1.807) is 31.6 Å². The first-order valence-corrected chi connectivity index (χ1v) is 9.19. The molecule has 0 aliphatic heterocycles. The van der Waals surface area contributed by atoms with Gasteiger partial charge in [0.1, 0.15) is 6.61 Å². The van der Waals surface area contributed by atoms with E-state index in [-0.39, 0.29) is 5.91 Å². The second-order valence-electron chi connectivity index (χ2n) is 6.18. The summed E-state index contributed by atoms with van der Waals surface area (Å²) in [4.78, 5) is 16.9. The van der Waals surface area contributed by atoms with Crippen LogP contribution in [0, 0.1) is 0 Å². The van der Waals surface area contributed by atoms with E-state index in [4.69, 9.17) is 9.47 Å². The van der Waals surface area contributed by atoms with E-state index in [0.29, 0.717) is 43.3 Å². The second-order valence-corrected chi connectivity index (χ2v) is 6.18. The number of anilines is 1. The van der Waals surface area contributed by atoms with Gasteiger partial charge in [0.2, 0.25) is 5.88 Å². The lowest BCUT2D eigenvalue weighted by Crippen LogP contribution is -2.15. The molecule has 1 aromatic carbocycles. The minimum atomic E-state index is -0.203. The van der Waals surface area contributed by atoms with Gasteiger partial charge in [0.05, 0.1) is 42.5 Å². The number of pyridine rings is 1. The lowest BCUT2D eigenvalue weighted by atomic mass is 10.1. The summed E-state index contributed by atoms with van der Waals surface area (Å²) in [7, 11) is 1.61. The molecule has 0 spiro atoms. The van der Waals surface area contributed by atoms with Crippen molar-refractivity contribution in [3.05, 3.63) is 71.7 Å². The molecule has 3 rings (SSSR count). The first-order chi connectivity index (χ1) is 13.7. The van der Waals surface area contributed by atoms with Gasteiger partial charge in [-0.3, -0.25) is 9.48 Å². The van der Waals surface area contributed by atoms with Gasteiger partial charge in [-0.05, 0) is 18.1 Å². The van der Waals surface area contributed by atoms with Crippen molar-refractivity contribution in [2.24, 2.45) is 0 Å². The normalized spacial score (nSPS) is 10.6. The molecular weight excluding hydrogens is 356 g/mol. The van der Waals surface area contributed by atoms with Crippen LogP contribution in [0.25, 0.3) is 0 Å². The summed E-state index contributed by atoms with van der Waals surface area (Å²) in [6.45, 7) is 3.57.